The first kappa shape index (κ1) is 22.4. The van der Waals surface area contributed by atoms with Gasteiger partial charge in [0.1, 0.15) is 5.82 Å². The van der Waals surface area contributed by atoms with Gasteiger partial charge in [0.2, 0.25) is 5.91 Å². The molecular formula is C20H29FIN5O. The largest absolute Gasteiger partial charge is 0.361 e. The average Bonchev–Trinajstić information content (AvgIpc) is 3.08. The van der Waals surface area contributed by atoms with E-state index in [4.69, 9.17) is 0 Å². The maximum Gasteiger partial charge on any atom is 0.220 e. The lowest BCUT2D eigenvalue weighted by molar-refractivity contribution is -0.121. The van der Waals surface area contributed by atoms with Crippen LogP contribution in [0.3, 0.4) is 0 Å². The zero-order chi connectivity index (χ0) is 19.2. The van der Waals surface area contributed by atoms with E-state index in [1.54, 1.807) is 14.1 Å². The topological polar surface area (TPSA) is 72.5 Å². The highest BCUT2D eigenvalue weighted by molar-refractivity contribution is 14.0. The van der Waals surface area contributed by atoms with E-state index < -0.39 is 0 Å². The number of likely N-dealkylation sites (tertiary alicyclic amines) is 1. The number of piperidine rings is 1. The van der Waals surface area contributed by atoms with Gasteiger partial charge in [-0.3, -0.25) is 9.79 Å². The van der Waals surface area contributed by atoms with Crippen LogP contribution in [-0.4, -0.2) is 55.5 Å². The van der Waals surface area contributed by atoms with Gasteiger partial charge in [0.05, 0.1) is 0 Å². The zero-order valence-electron chi connectivity index (χ0n) is 16.4. The summed E-state index contributed by atoms with van der Waals surface area (Å²) in [7, 11) is 3.49. The zero-order valence-corrected chi connectivity index (χ0v) is 18.8. The smallest absolute Gasteiger partial charge is 0.220 e. The fourth-order valence-electron chi connectivity index (χ4n) is 3.72. The molecule has 1 saturated heterocycles. The van der Waals surface area contributed by atoms with Crippen LogP contribution in [0.25, 0.3) is 10.9 Å². The van der Waals surface area contributed by atoms with Crippen molar-refractivity contribution in [2.45, 2.75) is 25.7 Å². The number of H-pyrrole nitrogens is 1. The number of amides is 1. The molecule has 154 valence electrons. The number of aliphatic imine (C=N–C) groups is 1. The third kappa shape index (κ3) is 5.59. The first-order valence-electron chi connectivity index (χ1n) is 9.52. The van der Waals surface area contributed by atoms with Crippen molar-refractivity contribution in [2.75, 3.05) is 33.7 Å². The molecule has 2 heterocycles. The Morgan fingerprint density at radius 3 is 2.79 bits per heavy atom. The minimum absolute atomic E-state index is 0. The summed E-state index contributed by atoms with van der Waals surface area (Å²) in [4.78, 5) is 21.3. The van der Waals surface area contributed by atoms with Crippen LogP contribution in [-0.2, 0) is 11.2 Å². The number of fused-ring (bicyclic) bond motifs is 1. The number of benzene rings is 1. The second kappa shape index (κ2) is 10.6. The van der Waals surface area contributed by atoms with E-state index >= 15 is 0 Å². The number of rotatable bonds is 5. The molecule has 3 rings (SSSR count). The number of nitrogens with one attached hydrogen (secondary N) is 3. The number of halogens is 2. The molecule has 0 bridgehead atoms. The number of carbonyl (C=O) groups is 1. The number of hydrogen-bond acceptors (Lipinski definition) is 2. The molecule has 0 unspecified atom stereocenters. The summed E-state index contributed by atoms with van der Waals surface area (Å²) in [6.45, 7) is 2.58. The Kier molecular flexibility index (Phi) is 8.53. The molecule has 1 aromatic heterocycles. The van der Waals surface area contributed by atoms with Crippen LogP contribution in [0, 0.1) is 11.7 Å². The normalized spacial score (nSPS) is 15.4. The molecule has 0 spiro atoms. The van der Waals surface area contributed by atoms with Crippen molar-refractivity contribution in [1.82, 2.24) is 20.5 Å². The Labute approximate surface area is 182 Å². The maximum absolute atomic E-state index is 13.3. The Hall–Kier alpha value is -1.84. The molecule has 6 nitrogen and oxygen atoms in total. The highest BCUT2D eigenvalue weighted by Crippen LogP contribution is 2.21. The Morgan fingerprint density at radius 2 is 2.11 bits per heavy atom. The molecule has 1 fully saturated rings. The van der Waals surface area contributed by atoms with Gasteiger partial charge in [-0.1, -0.05) is 0 Å². The van der Waals surface area contributed by atoms with E-state index in [0.29, 0.717) is 12.3 Å². The predicted octanol–water partition coefficient (Wildman–Crippen LogP) is 2.89. The van der Waals surface area contributed by atoms with Crippen LogP contribution in [0.1, 0.15) is 24.8 Å². The summed E-state index contributed by atoms with van der Waals surface area (Å²) >= 11 is 0. The third-order valence-corrected chi connectivity index (χ3v) is 5.29. The third-order valence-electron chi connectivity index (χ3n) is 5.29. The fourth-order valence-corrected chi connectivity index (χ4v) is 3.72. The number of aromatic nitrogens is 1. The van der Waals surface area contributed by atoms with E-state index in [2.05, 4.69) is 25.5 Å². The van der Waals surface area contributed by atoms with Crippen LogP contribution >= 0.6 is 24.0 Å². The second-order valence-electron chi connectivity index (χ2n) is 7.04. The van der Waals surface area contributed by atoms with Crippen molar-refractivity contribution in [1.29, 1.82) is 0 Å². The van der Waals surface area contributed by atoms with Crippen LogP contribution in [0.15, 0.2) is 29.4 Å². The summed E-state index contributed by atoms with van der Waals surface area (Å²) in [5, 5.41) is 7.19. The van der Waals surface area contributed by atoms with Gasteiger partial charge >= 0.3 is 0 Å². The minimum atomic E-state index is -0.228. The quantitative estimate of drug-likeness (QED) is 0.335. The Morgan fingerprint density at radius 1 is 1.36 bits per heavy atom. The van der Waals surface area contributed by atoms with Crippen LogP contribution < -0.4 is 10.6 Å². The first-order valence-corrected chi connectivity index (χ1v) is 9.52. The number of nitrogens with zero attached hydrogens (tertiary/aromatic N) is 2. The molecule has 0 saturated carbocycles. The van der Waals surface area contributed by atoms with E-state index in [-0.39, 0.29) is 35.7 Å². The molecule has 0 radical (unpaired) electrons. The van der Waals surface area contributed by atoms with Crippen molar-refractivity contribution in [3.05, 3.63) is 35.8 Å². The molecule has 0 aliphatic carbocycles. The molecule has 1 aromatic carbocycles. The molecule has 0 atom stereocenters. The molecule has 3 N–H and O–H groups in total. The van der Waals surface area contributed by atoms with Gasteiger partial charge in [0.25, 0.3) is 0 Å². The van der Waals surface area contributed by atoms with E-state index in [1.165, 1.54) is 12.1 Å². The van der Waals surface area contributed by atoms with Crippen molar-refractivity contribution in [2.24, 2.45) is 10.9 Å². The van der Waals surface area contributed by atoms with Gasteiger partial charge in [-0.05, 0) is 48.9 Å². The standard InChI is InChI=1S/C20H28FN5O.HI/c1-22-19(27)11-14-6-9-26(10-7-14)20(23-2)24-8-5-15-13-25-18-12-16(21)3-4-17(15)18;/h3-4,12-14,25H,5-11H2,1-2H3,(H,22,27)(H,23,24);1H. The van der Waals surface area contributed by atoms with Gasteiger partial charge in [-0.25, -0.2) is 4.39 Å². The summed E-state index contributed by atoms with van der Waals surface area (Å²) in [5.74, 6) is 1.24. The Balaban J connectivity index is 0.00000280. The maximum atomic E-state index is 13.3. The first-order chi connectivity index (χ1) is 13.1. The number of hydrogen-bond donors (Lipinski definition) is 3. The summed E-state index contributed by atoms with van der Waals surface area (Å²) in [5.41, 5.74) is 1.99. The van der Waals surface area contributed by atoms with Crippen molar-refractivity contribution in [3.63, 3.8) is 0 Å². The van der Waals surface area contributed by atoms with E-state index in [1.807, 2.05) is 12.3 Å². The summed E-state index contributed by atoms with van der Waals surface area (Å²) in [6.07, 6.45) is 5.39. The minimum Gasteiger partial charge on any atom is -0.361 e. The lowest BCUT2D eigenvalue weighted by atomic mass is 9.93. The highest BCUT2D eigenvalue weighted by atomic mass is 127. The monoisotopic (exact) mass is 501 g/mol. The second-order valence-corrected chi connectivity index (χ2v) is 7.04. The molecule has 28 heavy (non-hydrogen) atoms. The van der Waals surface area contributed by atoms with Crippen LogP contribution in [0.2, 0.25) is 0 Å². The average molecular weight is 501 g/mol. The van der Waals surface area contributed by atoms with E-state index in [9.17, 15) is 9.18 Å². The molecule has 1 amide bonds. The van der Waals surface area contributed by atoms with Crippen molar-refractivity contribution < 1.29 is 9.18 Å². The molecule has 1 aliphatic heterocycles. The van der Waals surface area contributed by atoms with Crippen LogP contribution in [0.5, 0.6) is 0 Å². The summed E-state index contributed by atoms with van der Waals surface area (Å²) in [6, 6.07) is 4.84. The summed E-state index contributed by atoms with van der Waals surface area (Å²) < 4.78 is 13.3. The molecule has 2 aromatic rings. The van der Waals surface area contributed by atoms with Gasteiger partial charge in [-0.2, -0.15) is 0 Å². The lowest BCUT2D eigenvalue weighted by Gasteiger charge is -2.34. The van der Waals surface area contributed by atoms with Gasteiger partial charge < -0.3 is 20.5 Å². The van der Waals surface area contributed by atoms with Crippen LogP contribution in [0.4, 0.5) is 4.39 Å². The fraction of sp³-hybridized carbons (Fsp3) is 0.500. The highest BCUT2D eigenvalue weighted by Gasteiger charge is 2.23. The van der Waals surface area contributed by atoms with Gasteiger partial charge in [0.15, 0.2) is 5.96 Å². The number of carbonyl (C=O) groups excluding carboxylic acids is 1. The SMILES string of the molecule is CN=C(NCCc1c[nH]c2cc(F)ccc12)N1CCC(CC(=O)NC)CC1.I. The van der Waals surface area contributed by atoms with E-state index in [0.717, 1.165) is 61.3 Å². The number of aromatic amines is 1. The van der Waals surface area contributed by atoms with Crippen molar-refractivity contribution >= 4 is 46.7 Å². The lowest BCUT2D eigenvalue weighted by Crippen LogP contribution is -2.46. The molecule has 8 heteroatoms. The van der Waals surface area contributed by atoms with Gasteiger partial charge in [-0.15, -0.1) is 24.0 Å². The predicted molar refractivity (Wildman–Crippen MR) is 122 cm³/mol. The molecule has 1 aliphatic rings. The van der Waals surface area contributed by atoms with Gasteiger partial charge in [0, 0.05) is 57.3 Å². The number of guanidine groups is 1. The molecular weight excluding hydrogens is 472 g/mol. The van der Waals surface area contributed by atoms with Crippen molar-refractivity contribution in [3.8, 4) is 0 Å². The Bertz CT molecular complexity index is 814.